The predicted molar refractivity (Wildman–Crippen MR) is 162 cm³/mol. The van der Waals surface area contributed by atoms with E-state index in [2.05, 4.69) is 168 Å². The Bertz CT molecular complexity index is 1690. The summed E-state index contributed by atoms with van der Waals surface area (Å²) >= 11 is 3.53. The molecule has 1 aliphatic carbocycles. The van der Waals surface area contributed by atoms with Crippen molar-refractivity contribution in [3.63, 3.8) is 0 Å². The van der Waals surface area contributed by atoms with E-state index in [4.69, 9.17) is 0 Å². The monoisotopic (exact) mass is 548 g/mol. The van der Waals surface area contributed by atoms with E-state index in [0.29, 0.717) is 0 Å². The molecular formula is C37H25Br. The maximum atomic E-state index is 3.53. The second-order valence-electron chi connectivity index (χ2n) is 9.87. The molecule has 0 fully saturated rings. The van der Waals surface area contributed by atoms with Crippen LogP contribution in [0.2, 0.25) is 0 Å². The second-order valence-corrected chi connectivity index (χ2v) is 10.8. The Labute approximate surface area is 232 Å². The lowest BCUT2D eigenvalue weighted by atomic mass is 9.67. The van der Waals surface area contributed by atoms with Crippen LogP contribution in [0.3, 0.4) is 0 Å². The first-order chi connectivity index (χ1) is 18.7. The summed E-state index contributed by atoms with van der Waals surface area (Å²) in [6.07, 6.45) is 0. The summed E-state index contributed by atoms with van der Waals surface area (Å²) in [7, 11) is 0. The Hall–Kier alpha value is -4.20. The Balaban J connectivity index is 1.40. The van der Waals surface area contributed by atoms with Crippen molar-refractivity contribution in [3.05, 3.63) is 178 Å². The van der Waals surface area contributed by atoms with Gasteiger partial charge in [0.1, 0.15) is 0 Å². The topological polar surface area (TPSA) is 0 Å². The van der Waals surface area contributed by atoms with Gasteiger partial charge in [0.25, 0.3) is 0 Å². The Morgan fingerprint density at radius 2 is 0.816 bits per heavy atom. The van der Waals surface area contributed by atoms with E-state index in [-0.39, 0.29) is 5.41 Å². The van der Waals surface area contributed by atoms with Crippen LogP contribution in [0.1, 0.15) is 22.3 Å². The van der Waals surface area contributed by atoms with Crippen LogP contribution in [0.5, 0.6) is 0 Å². The first-order valence-corrected chi connectivity index (χ1v) is 13.8. The molecule has 0 saturated heterocycles. The predicted octanol–water partition coefficient (Wildman–Crippen LogP) is 10.1. The molecule has 0 atom stereocenters. The molecule has 0 amide bonds. The Kier molecular flexibility index (Phi) is 5.60. The molecule has 0 saturated carbocycles. The molecule has 1 aliphatic rings. The minimum absolute atomic E-state index is 0.349. The van der Waals surface area contributed by atoms with Crippen LogP contribution in [0.25, 0.3) is 33.4 Å². The van der Waals surface area contributed by atoms with Gasteiger partial charge >= 0.3 is 0 Å². The fourth-order valence-electron chi connectivity index (χ4n) is 6.13. The highest BCUT2D eigenvalue weighted by molar-refractivity contribution is 9.10. The van der Waals surface area contributed by atoms with Crippen molar-refractivity contribution < 1.29 is 0 Å². The van der Waals surface area contributed by atoms with Crippen molar-refractivity contribution in [1.82, 2.24) is 0 Å². The Morgan fingerprint density at radius 1 is 0.368 bits per heavy atom. The average Bonchev–Trinajstić information content (AvgIpc) is 3.29. The molecule has 38 heavy (non-hydrogen) atoms. The minimum Gasteiger partial charge on any atom is -0.0622 e. The van der Waals surface area contributed by atoms with Crippen molar-refractivity contribution in [2.75, 3.05) is 0 Å². The highest BCUT2D eigenvalue weighted by Gasteiger charge is 2.45. The van der Waals surface area contributed by atoms with Gasteiger partial charge in [-0.15, -0.1) is 0 Å². The molecule has 6 aromatic carbocycles. The second kappa shape index (κ2) is 9.28. The van der Waals surface area contributed by atoms with E-state index in [1.165, 1.54) is 55.6 Å². The Morgan fingerprint density at radius 3 is 1.42 bits per heavy atom. The van der Waals surface area contributed by atoms with Gasteiger partial charge in [-0.25, -0.2) is 0 Å². The van der Waals surface area contributed by atoms with Gasteiger partial charge in [-0.2, -0.15) is 0 Å². The van der Waals surface area contributed by atoms with Crippen molar-refractivity contribution >= 4 is 15.9 Å². The lowest BCUT2D eigenvalue weighted by Crippen LogP contribution is -2.28. The molecule has 0 unspecified atom stereocenters. The summed E-state index contributed by atoms with van der Waals surface area (Å²) in [5.74, 6) is 0. The largest absolute Gasteiger partial charge is 0.0713 e. The molecule has 0 aromatic heterocycles. The maximum Gasteiger partial charge on any atom is 0.0713 e. The van der Waals surface area contributed by atoms with Crippen LogP contribution in [-0.2, 0) is 5.41 Å². The number of benzene rings is 6. The molecule has 0 N–H and O–H groups in total. The molecule has 0 radical (unpaired) electrons. The fourth-order valence-corrected chi connectivity index (χ4v) is 6.39. The third kappa shape index (κ3) is 3.58. The highest BCUT2D eigenvalue weighted by Crippen LogP contribution is 2.56. The number of fused-ring (bicyclic) bond motifs is 3. The van der Waals surface area contributed by atoms with Gasteiger partial charge in [-0.3, -0.25) is 0 Å². The number of hydrogen-bond acceptors (Lipinski definition) is 0. The van der Waals surface area contributed by atoms with Crippen LogP contribution in [-0.4, -0.2) is 0 Å². The van der Waals surface area contributed by atoms with Crippen molar-refractivity contribution in [1.29, 1.82) is 0 Å². The zero-order chi connectivity index (χ0) is 25.5. The quantitative estimate of drug-likeness (QED) is 0.205. The lowest BCUT2D eigenvalue weighted by molar-refractivity contribution is 0.768. The number of rotatable bonds is 4. The summed E-state index contributed by atoms with van der Waals surface area (Å²) in [4.78, 5) is 0. The smallest absolute Gasteiger partial charge is 0.0622 e. The summed E-state index contributed by atoms with van der Waals surface area (Å²) in [6, 6.07) is 55.3. The van der Waals surface area contributed by atoms with Crippen LogP contribution in [0, 0.1) is 0 Å². The fraction of sp³-hybridized carbons (Fsp3) is 0.0270. The van der Waals surface area contributed by atoms with E-state index in [1.54, 1.807) is 0 Å². The van der Waals surface area contributed by atoms with Crippen LogP contribution in [0.4, 0.5) is 0 Å². The molecule has 6 aromatic rings. The van der Waals surface area contributed by atoms with Gasteiger partial charge < -0.3 is 0 Å². The van der Waals surface area contributed by atoms with E-state index >= 15 is 0 Å². The summed E-state index contributed by atoms with van der Waals surface area (Å²) in [5.41, 5.74) is 12.4. The van der Waals surface area contributed by atoms with Gasteiger partial charge in [0, 0.05) is 4.47 Å². The van der Waals surface area contributed by atoms with Gasteiger partial charge in [0.05, 0.1) is 5.41 Å². The van der Waals surface area contributed by atoms with Gasteiger partial charge in [-0.05, 0) is 73.8 Å². The first-order valence-electron chi connectivity index (χ1n) is 13.0. The minimum atomic E-state index is -0.349. The van der Waals surface area contributed by atoms with E-state index in [0.717, 1.165) is 4.47 Å². The van der Waals surface area contributed by atoms with Crippen LogP contribution in [0.15, 0.2) is 156 Å². The number of halogens is 1. The van der Waals surface area contributed by atoms with Crippen LogP contribution >= 0.6 is 15.9 Å². The summed E-state index contributed by atoms with van der Waals surface area (Å²) < 4.78 is 1.10. The molecule has 180 valence electrons. The third-order valence-corrected chi connectivity index (χ3v) is 8.38. The summed E-state index contributed by atoms with van der Waals surface area (Å²) in [5, 5.41) is 0. The molecule has 0 heterocycles. The number of hydrogen-bond donors (Lipinski definition) is 0. The van der Waals surface area contributed by atoms with Gasteiger partial charge in [0.15, 0.2) is 0 Å². The molecular weight excluding hydrogens is 524 g/mol. The van der Waals surface area contributed by atoms with Crippen molar-refractivity contribution in [2.24, 2.45) is 0 Å². The molecule has 0 spiro atoms. The maximum absolute atomic E-state index is 3.53. The zero-order valence-electron chi connectivity index (χ0n) is 20.8. The van der Waals surface area contributed by atoms with Crippen LogP contribution < -0.4 is 0 Å². The standard InChI is InChI=1S/C37H25Br/c38-32-22-19-27(20-23-32)26-15-17-28(18-16-26)29-21-24-36-34(25-29)33-13-7-8-14-35(33)37(36,30-9-3-1-4-10-30)31-11-5-2-6-12-31/h1-25H. The molecule has 1 heteroatoms. The van der Waals surface area contributed by atoms with E-state index in [9.17, 15) is 0 Å². The van der Waals surface area contributed by atoms with Crippen molar-refractivity contribution in [2.45, 2.75) is 5.41 Å². The van der Waals surface area contributed by atoms with E-state index in [1.807, 2.05) is 0 Å². The molecule has 0 bridgehead atoms. The first kappa shape index (κ1) is 23.0. The average molecular weight is 550 g/mol. The van der Waals surface area contributed by atoms with Gasteiger partial charge in [0.2, 0.25) is 0 Å². The third-order valence-electron chi connectivity index (χ3n) is 7.85. The summed E-state index contributed by atoms with van der Waals surface area (Å²) in [6.45, 7) is 0. The molecule has 7 rings (SSSR count). The normalized spacial score (nSPS) is 13.1. The highest BCUT2D eigenvalue weighted by atomic mass is 79.9. The molecule has 0 nitrogen and oxygen atoms in total. The van der Waals surface area contributed by atoms with Gasteiger partial charge in [-0.1, -0.05) is 149 Å². The molecule has 0 aliphatic heterocycles. The SMILES string of the molecule is Brc1ccc(-c2ccc(-c3ccc4c(c3)-c3ccccc3C4(c3ccccc3)c3ccccc3)cc2)cc1. The van der Waals surface area contributed by atoms with E-state index < -0.39 is 0 Å². The van der Waals surface area contributed by atoms with Crippen molar-refractivity contribution in [3.8, 4) is 33.4 Å². The lowest BCUT2D eigenvalue weighted by Gasteiger charge is -2.33. The zero-order valence-corrected chi connectivity index (χ0v) is 22.4.